The number of nitrogens with one attached hydrogen (secondary N) is 2. The Kier molecular flexibility index (Phi) is 3.30. The van der Waals surface area contributed by atoms with Crippen molar-refractivity contribution in [3.63, 3.8) is 0 Å². The van der Waals surface area contributed by atoms with E-state index in [1.807, 2.05) is 13.1 Å². The first kappa shape index (κ1) is 12.9. The third-order valence-corrected chi connectivity index (χ3v) is 3.70. The number of nitrogens with zero attached hydrogens (tertiary/aromatic N) is 2. The largest absolute Gasteiger partial charge is 0.435 e. The molecule has 6 nitrogen and oxygen atoms in total. The van der Waals surface area contributed by atoms with Gasteiger partial charge in [0.2, 0.25) is 5.76 Å². The molecule has 0 unspecified atom stereocenters. The van der Waals surface area contributed by atoms with Gasteiger partial charge in [-0.1, -0.05) is 6.92 Å². The zero-order chi connectivity index (χ0) is 14.1. The molecular formula is C14H18N4O2. The molecule has 106 valence electrons. The third-order valence-electron chi connectivity index (χ3n) is 3.70. The molecule has 1 aliphatic rings. The van der Waals surface area contributed by atoms with Gasteiger partial charge in [0.05, 0.1) is 11.9 Å². The molecule has 0 aliphatic heterocycles. The van der Waals surface area contributed by atoms with Gasteiger partial charge in [-0.25, -0.2) is 4.98 Å². The molecule has 0 bridgehead atoms. The molecule has 0 fully saturated rings. The smallest absolute Gasteiger partial charge is 0.289 e. The number of amides is 1. The number of aromatic amines is 1. The predicted molar refractivity (Wildman–Crippen MR) is 72.5 cm³/mol. The summed E-state index contributed by atoms with van der Waals surface area (Å²) < 4.78 is 5.48. The van der Waals surface area contributed by atoms with E-state index in [0.29, 0.717) is 23.8 Å². The second-order valence-electron chi connectivity index (χ2n) is 5.16. The van der Waals surface area contributed by atoms with Gasteiger partial charge in [-0.05, 0) is 25.3 Å². The topological polar surface area (TPSA) is 83.8 Å². The quantitative estimate of drug-likeness (QED) is 0.889. The van der Waals surface area contributed by atoms with Gasteiger partial charge in [0, 0.05) is 24.6 Å². The van der Waals surface area contributed by atoms with Crippen LogP contribution >= 0.6 is 0 Å². The Morgan fingerprint density at radius 2 is 2.45 bits per heavy atom. The fourth-order valence-corrected chi connectivity index (χ4v) is 2.60. The van der Waals surface area contributed by atoms with E-state index < -0.39 is 0 Å². The van der Waals surface area contributed by atoms with E-state index >= 15 is 0 Å². The van der Waals surface area contributed by atoms with Crippen LogP contribution in [0.1, 0.15) is 46.7 Å². The molecule has 20 heavy (non-hydrogen) atoms. The summed E-state index contributed by atoms with van der Waals surface area (Å²) in [5.74, 6) is 0.757. The summed E-state index contributed by atoms with van der Waals surface area (Å²) in [5, 5.41) is 10.0. The summed E-state index contributed by atoms with van der Waals surface area (Å²) in [6.07, 6.45) is 5.20. The second kappa shape index (κ2) is 5.11. The first-order valence-electron chi connectivity index (χ1n) is 6.95. The molecule has 3 rings (SSSR count). The van der Waals surface area contributed by atoms with Crippen molar-refractivity contribution < 1.29 is 9.21 Å². The van der Waals surface area contributed by atoms with Crippen LogP contribution in [0.15, 0.2) is 10.6 Å². The molecule has 2 aromatic rings. The summed E-state index contributed by atoms with van der Waals surface area (Å²) in [4.78, 5) is 16.5. The van der Waals surface area contributed by atoms with E-state index in [0.717, 1.165) is 25.0 Å². The van der Waals surface area contributed by atoms with Crippen molar-refractivity contribution in [2.75, 3.05) is 0 Å². The second-order valence-corrected chi connectivity index (χ2v) is 5.16. The van der Waals surface area contributed by atoms with E-state index in [-0.39, 0.29) is 11.9 Å². The SMILES string of the molecule is CCc1nc(C)c(C(=O)N[C@H]2CCc3cn[nH]c3C2)o1. The fraction of sp³-hybridized carbons (Fsp3) is 0.500. The highest BCUT2D eigenvalue weighted by atomic mass is 16.4. The Labute approximate surface area is 117 Å². The van der Waals surface area contributed by atoms with Gasteiger partial charge in [-0.15, -0.1) is 0 Å². The summed E-state index contributed by atoms with van der Waals surface area (Å²) in [7, 11) is 0. The first-order chi connectivity index (χ1) is 9.67. The number of fused-ring (bicyclic) bond motifs is 1. The van der Waals surface area contributed by atoms with Crippen molar-refractivity contribution >= 4 is 5.91 Å². The maximum atomic E-state index is 12.2. The number of oxazole rings is 1. The van der Waals surface area contributed by atoms with Gasteiger partial charge in [-0.2, -0.15) is 5.10 Å². The minimum absolute atomic E-state index is 0.116. The Morgan fingerprint density at radius 1 is 1.60 bits per heavy atom. The van der Waals surface area contributed by atoms with Crippen LogP contribution in [0.4, 0.5) is 0 Å². The van der Waals surface area contributed by atoms with Gasteiger partial charge < -0.3 is 9.73 Å². The van der Waals surface area contributed by atoms with E-state index in [9.17, 15) is 4.79 Å². The van der Waals surface area contributed by atoms with Crippen LogP contribution in [0, 0.1) is 6.92 Å². The molecule has 0 saturated heterocycles. The molecule has 1 aliphatic carbocycles. The molecule has 1 amide bonds. The number of H-pyrrole nitrogens is 1. The van der Waals surface area contributed by atoms with Crippen LogP contribution in [0.25, 0.3) is 0 Å². The van der Waals surface area contributed by atoms with Crippen molar-refractivity contribution in [1.82, 2.24) is 20.5 Å². The summed E-state index contributed by atoms with van der Waals surface area (Å²) in [6.45, 7) is 3.75. The number of carbonyl (C=O) groups excluding carboxylic acids is 1. The average Bonchev–Trinajstić information content (AvgIpc) is 3.04. The number of aromatic nitrogens is 3. The highest BCUT2D eigenvalue weighted by Gasteiger charge is 2.24. The Bertz CT molecular complexity index is 629. The minimum Gasteiger partial charge on any atom is -0.435 e. The van der Waals surface area contributed by atoms with Gasteiger partial charge in [0.25, 0.3) is 5.91 Å². The molecule has 0 aromatic carbocycles. The lowest BCUT2D eigenvalue weighted by molar-refractivity contribution is 0.0903. The van der Waals surface area contributed by atoms with Gasteiger partial charge in [-0.3, -0.25) is 9.89 Å². The van der Waals surface area contributed by atoms with Crippen LogP contribution in [0.3, 0.4) is 0 Å². The Morgan fingerprint density at radius 3 is 3.20 bits per heavy atom. The number of hydrogen-bond donors (Lipinski definition) is 2. The van der Waals surface area contributed by atoms with Gasteiger partial charge in [0.1, 0.15) is 0 Å². The first-order valence-corrected chi connectivity index (χ1v) is 6.95. The van der Waals surface area contributed by atoms with Crippen molar-refractivity contribution in [2.24, 2.45) is 0 Å². The lowest BCUT2D eigenvalue weighted by Crippen LogP contribution is -2.38. The summed E-state index contributed by atoms with van der Waals surface area (Å²) >= 11 is 0. The van der Waals surface area contributed by atoms with Crippen molar-refractivity contribution in [3.8, 4) is 0 Å². The minimum atomic E-state index is -0.178. The zero-order valence-corrected chi connectivity index (χ0v) is 11.7. The van der Waals surface area contributed by atoms with E-state index in [4.69, 9.17) is 4.42 Å². The maximum Gasteiger partial charge on any atom is 0.289 e. The van der Waals surface area contributed by atoms with E-state index in [2.05, 4.69) is 20.5 Å². The van der Waals surface area contributed by atoms with Crippen LogP contribution in [0.5, 0.6) is 0 Å². The number of rotatable bonds is 3. The standard InChI is InChI=1S/C14H18N4O2/c1-3-12-16-8(2)13(20-12)14(19)17-10-5-4-9-7-15-18-11(9)6-10/h7,10H,3-6H2,1-2H3,(H,15,18)(H,17,19)/t10-/m0/s1. The molecule has 6 heteroatoms. The van der Waals surface area contributed by atoms with Gasteiger partial charge in [0.15, 0.2) is 5.89 Å². The van der Waals surface area contributed by atoms with Crippen LogP contribution in [-0.2, 0) is 19.3 Å². The lowest BCUT2D eigenvalue weighted by atomic mass is 9.94. The summed E-state index contributed by atoms with van der Waals surface area (Å²) in [6, 6.07) is 0.116. The molecular weight excluding hydrogens is 256 g/mol. The number of hydrogen-bond acceptors (Lipinski definition) is 4. The van der Waals surface area contributed by atoms with Crippen molar-refractivity contribution in [1.29, 1.82) is 0 Å². The monoisotopic (exact) mass is 274 g/mol. The molecule has 0 radical (unpaired) electrons. The van der Waals surface area contributed by atoms with Crippen molar-refractivity contribution in [2.45, 2.75) is 45.6 Å². The Balaban J connectivity index is 1.69. The number of aryl methyl sites for hydroxylation is 3. The zero-order valence-electron chi connectivity index (χ0n) is 11.7. The lowest BCUT2D eigenvalue weighted by Gasteiger charge is -2.22. The van der Waals surface area contributed by atoms with Crippen LogP contribution < -0.4 is 5.32 Å². The average molecular weight is 274 g/mol. The molecule has 2 heterocycles. The van der Waals surface area contributed by atoms with E-state index in [1.54, 1.807) is 6.92 Å². The highest BCUT2D eigenvalue weighted by Crippen LogP contribution is 2.19. The number of carbonyl (C=O) groups is 1. The Hall–Kier alpha value is -2.11. The molecule has 0 saturated carbocycles. The van der Waals surface area contributed by atoms with Gasteiger partial charge >= 0.3 is 0 Å². The van der Waals surface area contributed by atoms with Crippen LogP contribution in [-0.4, -0.2) is 27.1 Å². The summed E-state index contributed by atoms with van der Waals surface area (Å²) in [5.41, 5.74) is 3.02. The predicted octanol–water partition coefficient (Wildman–Crippen LogP) is 1.56. The maximum absolute atomic E-state index is 12.2. The van der Waals surface area contributed by atoms with E-state index in [1.165, 1.54) is 5.56 Å². The van der Waals surface area contributed by atoms with Crippen LogP contribution in [0.2, 0.25) is 0 Å². The molecule has 0 spiro atoms. The van der Waals surface area contributed by atoms with Crippen molar-refractivity contribution in [3.05, 3.63) is 34.8 Å². The molecule has 2 aromatic heterocycles. The third kappa shape index (κ3) is 2.33. The fourth-order valence-electron chi connectivity index (χ4n) is 2.60. The normalized spacial score (nSPS) is 17.8. The molecule has 2 N–H and O–H groups in total. The highest BCUT2D eigenvalue weighted by molar-refractivity contribution is 5.92. The molecule has 1 atom stereocenters.